The number of hydrogen-bond donors (Lipinski definition) is 1. The van der Waals surface area contributed by atoms with Crippen molar-refractivity contribution in [2.75, 3.05) is 20.1 Å². The third-order valence-electron chi connectivity index (χ3n) is 4.54. The average molecular weight is 294 g/mol. The fraction of sp³-hybridized carbons (Fsp3) is 0.733. The van der Waals surface area contributed by atoms with Crippen molar-refractivity contribution in [3.05, 3.63) is 16.1 Å². The summed E-state index contributed by atoms with van der Waals surface area (Å²) in [5, 5.41) is 4.59. The van der Waals surface area contributed by atoms with E-state index < -0.39 is 0 Å². The summed E-state index contributed by atoms with van der Waals surface area (Å²) in [5.41, 5.74) is 0.485. The van der Waals surface area contributed by atoms with E-state index in [2.05, 4.69) is 34.0 Å². The van der Waals surface area contributed by atoms with Gasteiger partial charge in [-0.25, -0.2) is 4.98 Å². The van der Waals surface area contributed by atoms with E-state index in [1.54, 1.807) is 11.3 Å². The van der Waals surface area contributed by atoms with Crippen LogP contribution in [0.25, 0.3) is 0 Å². The fourth-order valence-electron chi connectivity index (χ4n) is 2.93. The molecule has 0 radical (unpaired) electrons. The van der Waals surface area contributed by atoms with Gasteiger partial charge in [0, 0.05) is 31.2 Å². The lowest BCUT2D eigenvalue weighted by Crippen LogP contribution is -2.40. The minimum Gasteiger partial charge on any atom is -0.351 e. The number of guanidine groups is 1. The molecule has 1 fully saturated rings. The molecule has 0 unspecified atom stereocenters. The molecule has 0 aliphatic carbocycles. The molecule has 1 aromatic rings. The zero-order valence-corrected chi connectivity index (χ0v) is 13.9. The van der Waals surface area contributed by atoms with Crippen molar-refractivity contribution in [1.29, 1.82) is 0 Å². The Balaban J connectivity index is 1.93. The molecule has 2 heterocycles. The molecule has 0 saturated carbocycles. The van der Waals surface area contributed by atoms with E-state index in [9.17, 15) is 0 Å². The lowest BCUT2D eigenvalue weighted by atomic mass is 9.82. The third-order valence-corrected chi connectivity index (χ3v) is 5.45. The van der Waals surface area contributed by atoms with E-state index in [0.717, 1.165) is 30.6 Å². The molecule has 0 bridgehead atoms. The smallest absolute Gasteiger partial charge is 0.193 e. The summed E-state index contributed by atoms with van der Waals surface area (Å²) in [7, 11) is 1.87. The predicted octanol–water partition coefficient (Wildman–Crippen LogP) is 3.04. The van der Waals surface area contributed by atoms with E-state index >= 15 is 0 Å². The van der Waals surface area contributed by atoms with Crippen LogP contribution >= 0.6 is 11.3 Å². The van der Waals surface area contributed by atoms with Crippen molar-refractivity contribution >= 4 is 17.3 Å². The van der Waals surface area contributed by atoms with E-state index in [4.69, 9.17) is 0 Å². The zero-order chi connectivity index (χ0) is 14.6. The van der Waals surface area contributed by atoms with Gasteiger partial charge in [0.2, 0.25) is 0 Å². The van der Waals surface area contributed by atoms with Gasteiger partial charge in [0.25, 0.3) is 0 Å². The summed E-state index contributed by atoms with van der Waals surface area (Å²) >= 11 is 1.74. The highest BCUT2D eigenvalue weighted by molar-refractivity contribution is 7.11. The lowest BCUT2D eigenvalue weighted by molar-refractivity contribution is 0.276. The van der Waals surface area contributed by atoms with Crippen LogP contribution in [0.2, 0.25) is 0 Å². The summed E-state index contributed by atoms with van der Waals surface area (Å²) in [6.07, 6.45) is 5.74. The fourth-order valence-corrected chi connectivity index (χ4v) is 3.66. The number of hydrogen-bond acceptors (Lipinski definition) is 3. The van der Waals surface area contributed by atoms with Crippen molar-refractivity contribution in [1.82, 2.24) is 15.2 Å². The first kappa shape index (κ1) is 15.3. The van der Waals surface area contributed by atoms with Gasteiger partial charge in [0.05, 0.1) is 11.6 Å². The molecule has 0 amide bonds. The van der Waals surface area contributed by atoms with Gasteiger partial charge in [-0.3, -0.25) is 4.99 Å². The predicted molar refractivity (Wildman–Crippen MR) is 86.3 cm³/mol. The Morgan fingerprint density at radius 3 is 2.75 bits per heavy atom. The molecule has 112 valence electrons. The normalized spacial score (nSPS) is 18.6. The average Bonchev–Trinajstić information content (AvgIpc) is 3.07. The molecule has 2 rings (SSSR count). The molecule has 0 aromatic carbocycles. The Morgan fingerprint density at radius 1 is 1.50 bits per heavy atom. The minimum absolute atomic E-state index is 0.485. The molecule has 1 saturated heterocycles. The summed E-state index contributed by atoms with van der Waals surface area (Å²) in [6.45, 7) is 9.72. The molecular formula is C15H26N4S. The molecule has 1 aliphatic rings. The molecule has 1 aromatic heterocycles. The van der Waals surface area contributed by atoms with Crippen LogP contribution in [0.5, 0.6) is 0 Å². The molecular weight excluding hydrogens is 268 g/mol. The van der Waals surface area contributed by atoms with Gasteiger partial charge in [-0.1, -0.05) is 13.8 Å². The lowest BCUT2D eigenvalue weighted by Gasteiger charge is -2.27. The Hall–Kier alpha value is -1.10. The third kappa shape index (κ3) is 3.32. The van der Waals surface area contributed by atoms with E-state index in [0.29, 0.717) is 5.41 Å². The second-order valence-corrected chi connectivity index (χ2v) is 6.94. The summed E-state index contributed by atoms with van der Waals surface area (Å²) in [6, 6.07) is 0. The van der Waals surface area contributed by atoms with Crippen LogP contribution < -0.4 is 5.32 Å². The van der Waals surface area contributed by atoms with E-state index in [-0.39, 0.29) is 0 Å². The van der Waals surface area contributed by atoms with Crippen LogP contribution in [-0.4, -0.2) is 36.0 Å². The number of nitrogens with one attached hydrogen (secondary N) is 1. The number of aromatic nitrogens is 1. The number of nitrogens with zero attached hydrogens (tertiary/aromatic N) is 3. The summed E-state index contributed by atoms with van der Waals surface area (Å²) in [4.78, 5) is 12.4. The van der Waals surface area contributed by atoms with Crippen molar-refractivity contribution in [3.63, 3.8) is 0 Å². The minimum atomic E-state index is 0.485. The number of thiazole rings is 1. The molecule has 0 atom stereocenters. The Labute approximate surface area is 126 Å². The van der Waals surface area contributed by atoms with Crippen LogP contribution in [0.4, 0.5) is 0 Å². The van der Waals surface area contributed by atoms with Crippen LogP contribution in [0.1, 0.15) is 43.0 Å². The van der Waals surface area contributed by atoms with Gasteiger partial charge in [-0.2, -0.15) is 0 Å². The van der Waals surface area contributed by atoms with Crippen LogP contribution in [-0.2, 0) is 6.54 Å². The summed E-state index contributed by atoms with van der Waals surface area (Å²) in [5.74, 6) is 1.03. The summed E-state index contributed by atoms with van der Waals surface area (Å²) < 4.78 is 0. The van der Waals surface area contributed by atoms with Crippen LogP contribution in [0.3, 0.4) is 0 Å². The second-order valence-electron chi connectivity index (χ2n) is 5.63. The first-order valence-corrected chi connectivity index (χ1v) is 8.31. The topological polar surface area (TPSA) is 40.5 Å². The van der Waals surface area contributed by atoms with Gasteiger partial charge in [-0.05, 0) is 31.6 Å². The highest BCUT2D eigenvalue weighted by atomic mass is 32.1. The largest absolute Gasteiger partial charge is 0.351 e. The first-order chi connectivity index (χ1) is 9.62. The van der Waals surface area contributed by atoms with Crippen molar-refractivity contribution in [2.24, 2.45) is 10.4 Å². The van der Waals surface area contributed by atoms with E-state index in [1.165, 1.54) is 24.1 Å². The highest BCUT2D eigenvalue weighted by Crippen LogP contribution is 2.36. The standard InChI is InChI=1S/C15H26N4S/c1-5-15(6-2)7-8-19(11-15)14(16-4)18-10-13-9-17-12(3)20-13/h9H,5-8,10-11H2,1-4H3,(H,16,18). The van der Waals surface area contributed by atoms with Crippen LogP contribution in [0, 0.1) is 12.3 Å². The number of aliphatic imine (C=N–C) groups is 1. The monoisotopic (exact) mass is 294 g/mol. The van der Waals surface area contributed by atoms with Crippen molar-refractivity contribution in [3.8, 4) is 0 Å². The highest BCUT2D eigenvalue weighted by Gasteiger charge is 2.36. The van der Waals surface area contributed by atoms with Crippen molar-refractivity contribution in [2.45, 2.75) is 46.6 Å². The molecule has 0 spiro atoms. The number of aryl methyl sites for hydroxylation is 1. The zero-order valence-electron chi connectivity index (χ0n) is 13.1. The SMILES string of the molecule is CCC1(CC)CCN(C(=NC)NCc2cnc(C)s2)C1. The van der Waals surface area contributed by atoms with Gasteiger partial charge in [0.1, 0.15) is 0 Å². The Morgan fingerprint density at radius 2 is 2.25 bits per heavy atom. The quantitative estimate of drug-likeness (QED) is 0.685. The first-order valence-electron chi connectivity index (χ1n) is 7.49. The van der Waals surface area contributed by atoms with E-state index in [1.807, 2.05) is 20.2 Å². The molecule has 20 heavy (non-hydrogen) atoms. The molecule has 4 nitrogen and oxygen atoms in total. The molecule has 1 N–H and O–H groups in total. The van der Waals surface area contributed by atoms with Gasteiger partial charge < -0.3 is 10.2 Å². The molecule has 5 heteroatoms. The number of rotatable bonds is 4. The molecule has 1 aliphatic heterocycles. The van der Waals surface area contributed by atoms with Gasteiger partial charge in [0.15, 0.2) is 5.96 Å². The van der Waals surface area contributed by atoms with Crippen LogP contribution in [0.15, 0.2) is 11.2 Å². The Bertz CT molecular complexity index is 462. The van der Waals surface area contributed by atoms with Gasteiger partial charge in [-0.15, -0.1) is 11.3 Å². The van der Waals surface area contributed by atoms with Crippen molar-refractivity contribution < 1.29 is 0 Å². The second kappa shape index (κ2) is 6.57. The number of likely N-dealkylation sites (tertiary alicyclic amines) is 1. The maximum absolute atomic E-state index is 4.44. The maximum atomic E-state index is 4.44. The van der Waals surface area contributed by atoms with Gasteiger partial charge >= 0.3 is 0 Å². The Kier molecular flexibility index (Phi) is 5.02. The maximum Gasteiger partial charge on any atom is 0.193 e.